The first kappa shape index (κ1) is 13.2. The summed E-state index contributed by atoms with van der Waals surface area (Å²) in [6, 6.07) is 5.27. The number of aryl methyl sites for hydroxylation is 1. The minimum Gasteiger partial charge on any atom is -0.348 e. The molecule has 2 aromatic heterocycles. The fraction of sp³-hybridized carbons (Fsp3) is 0.214. The van der Waals surface area contributed by atoms with Crippen molar-refractivity contribution in [2.45, 2.75) is 20.0 Å². The molecular weight excluding hydrogens is 240 g/mol. The van der Waals surface area contributed by atoms with Gasteiger partial charge in [0.1, 0.15) is 0 Å². The molecule has 0 saturated heterocycles. The second kappa shape index (κ2) is 6.06. The average Bonchev–Trinajstić information content (AvgIpc) is 2.46. The number of pyridine rings is 2. The summed E-state index contributed by atoms with van der Waals surface area (Å²) in [4.78, 5) is 20.1. The van der Waals surface area contributed by atoms with Gasteiger partial charge in [-0.05, 0) is 36.2 Å². The first-order chi connectivity index (χ1) is 9.20. The number of nitrogens with zero attached hydrogens (tertiary/aromatic N) is 2. The number of carbonyl (C=O) groups excluding carboxylic acids is 1. The minimum absolute atomic E-state index is 0.131. The van der Waals surface area contributed by atoms with Crippen LogP contribution >= 0.6 is 0 Å². The minimum atomic E-state index is -0.131. The van der Waals surface area contributed by atoms with Crippen molar-refractivity contribution in [3.05, 3.63) is 59.2 Å². The van der Waals surface area contributed by atoms with Crippen molar-refractivity contribution in [3.63, 3.8) is 0 Å². The van der Waals surface area contributed by atoms with Crippen LogP contribution in [0.2, 0.25) is 0 Å². The van der Waals surface area contributed by atoms with Gasteiger partial charge in [0.2, 0.25) is 0 Å². The van der Waals surface area contributed by atoms with E-state index in [1.54, 1.807) is 30.7 Å². The Hall–Kier alpha value is -2.27. The SMILES string of the molecule is Cc1cnccc1CNC(=O)c1ccnc(CN)c1. The molecular formula is C14H16N4O. The maximum atomic E-state index is 12.0. The zero-order valence-corrected chi connectivity index (χ0v) is 10.8. The molecule has 0 aromatic carbocycles. The fourth-order valence-corrected chi connectivity index (χ4v) is 1.71. The van der Waals surface area contributed by atoms with E-state index < -0.39 is 0 Å². The van der Waals surface area contributed by atoms with Gasteiger partial charge in [-0.2, -0.15) is 0 Å². The summed E-state index contributed by atoms with van der Waals surface area (Å²) in [6.45, 7) is 2.77. The van der Waals surface area contributed by atoms with Gasteiger partial charge < -0.3 is 11.1 Å². The van der Waals surface area contributed by atoms with Crippen molar-refractivity contribution in [3.8, 4) is 0 Å². The van der Waals surface area contributed by atoms with E-state index in [2.05, 4.69) is 15.3 Å². The molecule has 0 saturated carbocycles. The quantitative estimate of drug-likeness (QED) is 0.860. The highest BCUT2D eigenvalue weighted by molar-refractivity contribution is 5.94. The predicted octanol–water partition coefficient (Wildman–Crippen LogP) is 1.17. The lowest BCUT2D eigenvalue weighted by Crippen LogP contribution is -2.23. The van der Waals surface area contributed by atoms with Gasteiger partial charge in [0.05, 0.1) is 5.69 Å². The van der Waals surface area contributed by atoms with Crippen LogP contribution in [0.1, 0.15) is 27.2 Å². The van der Waals surface area contributed by atoms with Gasteiger partial charge in [-0.3, -0.25) is 14.8 Å². The summed E-state index contributed by atoms with van der Waals surface area (Å²) in [7, 11) is 0. The van der Waals surface area contributed by atoms with Crippen LogP contribution in [-0.4, -0.2) is 15.9 Å². The van der Waals surface area contributed by atoms with Gasteiger partial charge in [0.15, 0.2) is 0 Å². The summed E-state index contributed by atoms with van der Waals surface area (Å²) in [5.41, 5.74) is 8.88. The number of rotatable bonds is 4. The molecule has 0 unspecified atom stereocenters. The highest BCUT2D eigenvalue weighted by Gasteiger charge is 2.07. The summed E-state index contributed by atoms with van der Waals surface area (Å²) in [6.07, 6.45) is 5.09. The number of aromatic nitrogens is 2. The fourth-order valence-electron chi connectivity index (χ4n) is 1.71. The third kappa shape index (κ3) is 3.35. The molecule has 0 aliphatic rings. The second-order valence-corrected chi connectivity index (χ2v) is 4.22. The van der Waals surface area contributed by atoms with Crippen molar-refractivity contribution in [2.24, 2.45) is 5.73 Å². The molecule has 98 valence electrons. The number of nitrogens with two attached hydrogens (primary N) is 1. The predicted molar refractivity (Wildman–Crippen MR) is 72.3 cm³/mol. The van der Waals surface area contributed by atoms with Crippen LogP contribution in [0.5, 0.6) is 0 Å². The lowest BCUT2D eigenvalue weighted by Gasteiger charge is -2.08. The smallest absolute Gasteiger partial charge is 0.251 e. The molecule has 0 atom stereocenters. The zero-order valence-electron chi connectivity index (χ0n) is 10.8. The van der Waals surface area contributed by atoms with Crippen molar-refractivity contribution < 1.29 is 4.79 Å². The highest BCUT2D eigenvalue weighted by Crippen LogP contribution is 2.06. The van der Waals surface area contributed by atoms with E-state index in [1.165, 1.54) is 0 Å². The highest BCUT2D eigenvalue weighted by atomic mass is 16.1. The van der Waals surface area contributed by atoms with Crippen molar-refractivity contribution >= 4 is 5.91 Å². The molecule has 0 radical (unpaired) electrons. The third-order valence-corrected chi connectivity index (χ3v) is 2.86. The lowest BCUT2D eigenvalue weighted by molar-refractivity contribution is 0.0950. The van der Waals surface area contributed by atoms with E-state index >= 15 is 0 Å². The molecule has 1 amide bonds. The normalized spacial score (nSPS) is 10.2. The molecule has 2 rings (SSSR count). The summed E-state index contributed by atoms with van der Waals surface area (Å²) in [5, 5.41) is 2.87. The molecule has 19 heavy (non-hydrogen) atoms. The second-order valence-electron chi connectivity index (χ2n) is 4.22. The van der Waals surface area contributed by atoms with E-state index in [0.717, 1.165) is 11.1 Å². The van der Waals surface area contributed by atoms with Crippen LogP contribution in [0.3, 0.4) is 0 Å². The first-order valence-electron chi connectivity index (χ1n) is 6.03. The zero-order chi connectivity index (χ0) is 13.7. The van der Waals surface area contributed by atoms with Crippen molar-refractivity contribution in [1.29, 1.82) is 0 Å². The van der Waals surface area contributed by atoms with Crippen LogP contribution in [0.15, 0.2) is 36.8 Å². The van der Waals surface area contributed by atoms with Gasteiger partial charge in [-0.25, -0.2) is 0 Å². The Labute approximate surface area is 111 Å². The molecule has 3 N–H and O–H groups in total. The summed E-state index contributed by atoms with van der Waals surface area (Å²) >= 11 is 0. The molecule has 0 bridgehead atoms. The van der Waals surface area contributed by atoms with E-state index in [0.29, 0.717) is 24.3 Å². The van der Waals surface area contributed by atoms with E-state index in [9.17, 15) is 4.79 Å². The Morgan fingerprint density at radius 3 is 2.95 bits per heavy atom. The van der Waals surface area contributed by atoms with Gasteiger partial charge in [-0.15, -0.1) is 0 Å². The largest absolute Gasteiger partial charge is 0.348 e. The van der Waals surface area contributed by atoms with Crippen LogP contribution in [0.25, 0.3) is 0 Å². The van der Waals surface area contributed by atoms with Crippen LogP contribution < -0.4 is 11.1 Å². The number of nitrogens with one attached hydrogen (secondary N) is 1. The first-order valence-corrected chi connectivity index (χ1v) is 6.03. The molecule has 5 nitrogen and oxygen atoms in total. The monoisotopic (exact) mass is 256 g/mol. The third-order valence-electron chi connectivity index (χ3n) is 2.86. The summed E-state index contributed by atoms with van der Waals surface area (Å²) < 4.78 is 0. The number of amides is 1. The Kier molecular flexibility index (Phi) is 4.20. The van der Waals surface area contributed by atoms with Crippen molar-refractivity contribution in [2.75, 3.05) is 0 Å². The molecule has 2 aromatic rings. The Bertz CT molecular complexity index is 583. The Morgan fingerprint density at radius 1 is 1.37 bits per heavy atom. The van der Waals surface area contributed by atoms with Crippen LogP contribution in [0.4, 0.5) is 0 Å². The molecule has 2 heterocycles. The topological polar surface area (TPSA) is 80.9 Å². The standard InChI is InChI=1S/C14H16N4O/c1-10-8-16-4-2-12(10)9-18-14(19)11-3-5-17-13(6-11)7-15/h2-6,8H,7,9,15H2,1H3,(H,18,19). The van der Waals surface area contributed by atoms with Gasteiger partial charge in [-0.1, -0.05) is 0 Å². The maximum absolute atomic E-state index is 12.0. The Balaban J connectivity index is 2.03. The number of hydrogen-bond donors (Lipinski definition) is 2. The van der Waals surface area contributed by atoms with Crippen molar-refractivity contribution in [1.82, 2.24) is 15.3 Å². The maximum Gasteiger partial charge on any atom is 0.251 e. The van der Waals surface area contributed by atoms with Gasteiger partial charge >= 0.3 is 0 Å². The van der Waals surface area contributed by atoms with E-state index in [1.807, 2.05) is 13.0 Å². The van der Waals surface area contributed by atoms with E-state index in [4.69, 9.17) is 5.73 Å². The van der Waals surface area contributed by atoms with Gasteiger partial charge in [0, 0.05) is 37.2 Å². The molecule has 0 fully saturated rings. The Morgan fingerprint density at radius 2 is 2.21 bits per heavy atom. The number of carbonyl (C=O) groups is 1. The van der Waals surface area contributed by atoms with Gasteiger partial charge in [0.25, 0.3) is 5.91 Å². The summed E-state index contributed by atoms with van der Waals surface area (Å²) in [5.74, 6) is -0.131. The van der Waals surface area contributed by atoms with Crippen LogP contribution in [-0.2, 0) is 13.1 Å². The number of hydrogen-bond acceptors (Lipinski definition) is 4. The lowest BCUT2D eigenvalue weighted by atomic mass is 10.1. The molecule has 0 aliphatic carbocycles. The van der Waals surface area contributed by atoms with E-state index in [-0.39, 0.29) is 5.91 Å². The molecule has 5 heteroatoms. The molecule has 0 aliphatic heterocycles. The van der Waals surface area contributed by atoms with Crippen LogP contribution in [0, 0.1) is 6.92 Å². The molecule has 0 spiro atoms. The average molecular weight is 256 g/mol.